The Morgan fingerprint density at radius 1 is 1.17 bits per heavy atom. The number of aromatic nitrogens is 1. The van der Waals surface area contributed by atoms with Crippen molar-refractivity contribution in [1.29, 1.82) is 5.26 Å². The van der Waals surface area contributed by atoms with Crippen molar-refractivity contribution in [3.63, 3.8) is 0 Å². The van der Waals surface area contributed by atoms with Crippen LogP contribution in [0.25, 0.3) is 22.4 Å². The molecule has 0 bridgehead atoms. The summed E-state index contributed by atoms with van der Waals surface area (Å²) in [7, 11) is 3.20. The highest BCUT2D eigenvalue weighted by molar-refractivity contribution is 5.86. The van der Waals surface area contributed by atoms with Gasteiger partial charge in [0.25, 0.3) is 5.69 Å². The molecule has 7 nitrogen and oxygen atoms in total. The smallest absolute Gasteiger partial charge is 0.269 e. The first-order valence-corrected chi connectivity index (χ1v) is 9.56. The lowest BCUT2D eigenvalue weighted by atomic mass is 9.91. The molecule has 7 heteroatoms. The predicted octanol–water partition coefficient (Wildman–Crippen LogP) is 5.04. The van der Waals surface area contributed by atoms with E-state index in [1.165, 1.54) is 12.1 Å². The summed E-state index contributed by atoms with van der Waals surface area (Å²) in [4.78, 5) is 10.6. The molecule has 1 atom stereocenters. The summed E-state index contributed by atoms with van der Waals surface area (Å²) in [6.45, 7) is 4.11. The number of nitro benzene ring substituents is 1. The number of nitrogens with zero attached hydrogens (tertiary/aromatic N) is 3. The third kappa shape index (κ3) is 2.80. The van der Waals surface area contributed by atoms with Crippen molar-refractivity contribution in [3.05, 3.63) is 63.3 Å². The summed E-state index contributed by atoms with van der Waals surface area (Å²) in [6.07, 6.45) is 0.794. The van der Waals surface area contributed by atoms with Crippen LogP contribution in [0.3, 0.4) is 0 Å². The van der Waals surface area contributed by atoms with E-state index in [2.05, 4.69) is 17.6 Å². The van der Waals surface area contributed by atoms with Crippen LogP contribution < -0.4 is 9.47 Å². The summed E-state index contributed by atoms with van der Waals surface area (Å²) in [5, 5.41) is 21.1. The average Bonchev–Trinajstić information content (AvgIpc) is 3.05. The minimum Gasteiger partial charge on any atom is -0.493 e. The summed E-state index contributed by atoms with van der Waals surface area (Å²) in [6, 6.07) is 12.8. The first-order valence-electron chi connectivity index (χ1n) is 9.56. The van der Waals surface area contributed by atoms with Crippen molar-refractivity contribution >= 4 is 5.69 Å². The number of benzene rings is 2. The summed E-state index contributed by atoms with van der Waals surface area (Å²) in [5.74, 6) is 1.27. The molecule has 2 aromatic carbocycles. The van der Waals surface area contributed by atoms with Crippen LogP contribution in [-0.4, -0.2) is 23.7 Å². The van der Waals surface area contributed by atoms with E-state index in [4.69, 9.17) is 9.47 Å². The Kier molecular flexibility index (Phi) is 4.70. The Bertz CT molecular complexity index is 1200. The van der Waals surface area contributed by atoms with Gasteiger partial charge in [-0.05, 0) is 55.7 Å². The van der Waals surface area contributed by atoms with Gasteiger partial charge in [-0.3, -0.25) is 10.1 Å². The van der Waals surface area contributed by atoms with Crippen LogP contribution in [0.2, 0.25) is 0 Å². The van der Waals surface area contributed by atoms with Gasteiger partial charge in [-0.2, -0.15) is 5.26 Å². The maximum Gasteiger partial charge on any atom is 0.269 e. The number of nitriles is 1. The molecule has 3 aromatic rings. The third-order valence-corrected chi connectivity index (χ3v) is 5.75. The SMILES string of the molecule is COc1cc2c(cc1OC)-c1c(C#N)c(-c3ccc([N+](=O)[O-])cc3)c(C)n1C(C)C2. The minimum atomic E-state index is -0.426. The monoisotopic (exact) mass is 403 g/mol. The zero-order chi connectivity index (χ0) is 21.6. The molecule has 1 aliphatic rings. The van der Waals surface area contributed by atoms with Crippen LogP contribution in [-0.2, 0) is 6.42 Å². The second kappa shape index (κ2) is 7.23. The lowest BCUT2D eigenvalue weighted by Gasteiger charge is -2.28. The van der Waals surface area contributed by atoms with Crippen LogP contribution in [0.5, 0.6) is 11.5 Å². The van der Waals surface area contributed by atoms with E-state index < -0.39 is 4.92 Å². The van der Waals surface area contributed by atoms with Crippen molar-refractivity contribution in [1.82, 2.24) is 4.57 Å². The summed E-state index contributed by atoms with van der Waals surface area (Å²) in [5.41, 5.74) is 6.01. The number of ether oxygens (including phenoxy) is 2. The number of fused-ring (bicyclic) bond motifs is 3. The first kappa shape index (κ1) is 19.5. The molecule has 0 radical (unpaired) electrons. The normalized spacial score (nSPS) is 14.4. The summed E-state index contributed by atoms with van der Waals surface area (Å²) >= 11 is 0. The minimum absolute atomic E-state index is 0.0226. The fourth-order valence-electron chi connectivity index (χ4n) is 4.46. The van der Waals surface area contributed by atoms with Gasteiger partial charge in [0.2, 0.25) is 0 Å². The second-order valence-corrected chi connectivity index (χ2v) is 7.39. The van der Waals surface area contributed by atoms with Gasteiger partial charge in [0.05, 0.1) is 30.4 Å². The van der Waals surface area contributed by atoms with E-state index in [1.807, 2.05) is 19.1 Å². The highest BCUT2D eigenvalue weighted by Gasteiger charge is 2.31. The number of rotatable bonds is 4. The van der Waals surface area contributed by atoms with Crippen LogP contribution in [0.15, 0.2) is 36.4 Å². The largest absolute Gasteiger partial charge is 0.493 e. The topological polar surface area (TPSA) is 90.3 Å². The molecule has 0 aliphatic carbocycles. The molecule has 1 aromatic heterocycles. The van der Waals surface area contributed by atoms with Gasteiger partial charge < -0.3 is 14.0 Å². The standard InChI is InChI=1S/C23H21N3O4/c1-13-9-16-10-20(29-3)21(30-4)11-18(16)23-19(12-24)22(14(2)25(13)23)15-5-7-17(8-6-15)26(27)28/h5-8,10-11,13H,9H2,1-4H3. The number of methoxy groups -OCH3 is 2. The van der Waals surface area contributed by atoms with Crippen molar-refractivity contribution in [2.24, 2.45) is 0 Å². The van der Waals surface area contributed by atoms with Crippen LogP contribution >= 0.6 is 0 Å². The van der Waals surface area contributed by atoms with Crippen LogP contribution in [0, 0.1) is 28.4 Å². The maximum absolute atomic E-state index is 11.0. The number of nitro groups is 1. The molecular weight excluding hydrogens is 382 g/mol. The highest BCUT2D eigenvalue weighted by Crippen LogP contribution is 2.47. The maximum atomic E-state index is 11.0. The molecule has 30 heavy (non-hydrogen) atoms. The van der Waals surface area contributed by atoms with Crippen molar-refractivity contribution in [2.45, 2.75) is 26.3 Å². The number of hydrogen-bond donors (Lipinski definition) is 0. The molecule has 1 unspecified atom stereocenters. The number of hydrogen-bond acceptors (Lipinski definition) is 5. The molecule has 0 saturated heterocycles. The van der Waals surface area contributed by atoms with E-state index in [0.29, 0.717) is 17.1 Å². The van der Waals surface area contributed by atoms with Crippen LogP contribution in [0.1, 0.15) is 29.8 Å². The zero-order valence-corrected chi connectivity index (χ0v) is 17.2. The van der Waals surface area contributed by atoms with Gasteiger partial charge >= 0.3 is 0 Å². The van der Waals surface area contributed by atoms with Crippen molar-refractivity contribution < 1.29 is 14.4 Å². The van der Waals surface area contributed by atoms with Crippen molar-refractivity contribution in [2.75, 3.05) is 14.2 Å². The lowest BCUT2D eigenvalue weighted by molar-refractivity contribution is -0.384. The first-order chi connectivity index (χ1) is 14.4. The molecule has 1 aliphatic heterocycles. The highest BCUT2D eigenvalue weighted by atomic mass is 16.6. The van der Waals surface area contributed by atoms with E-state index in [0.717, 1.165) is 40.1 Å². The predicted molar refractivity (Wildman–Crippen MR) is 113 cm³/mol. The van der Waals surface area contributed by atoms with E-state index in [-0.39, 0.29) is 11.7 Å². The Labute approximate surface area is 174 Å². The molecule has 152 valence electrons. The van der Waals surface area contributed by atoms with Gasteiger partial charge in [0.1, 0.15) is 6.07 Å². The molecule has 0 spiro atoms. The molecule has 0 N–H and O–H groups in total. The lowest BCUT2D eigenvalue weighted by Crippen LogP contribution is -2.17. The van der Waals surface area contributed by atoms with Crippen molar-refractivity contribution in [3.8, 4) is 40.0 Å². The fraction of sp³-hybridized carbons (Fsp3) is 0.261. The average molecular weight is 403 g/mol. The van der Waals surface area contributed by atoms with Crippen LogP contribution in [0.4, 0.5) is 5.69 Å². The van der Waals surface area contributed by atoms with Gasteiger partial charge in [-0.1, -0.05) is 0 Å². The van der Waals surface area contributed by atoms with Gasteiger partial charge in [-0.15, -0.1) is 0 Å². The quantitative estimate of drug-likeness (QED) is 0.449. The molecular formula is C23H21N3O4. The van der Waals surface area contributed by atoms with Gasteiger partial charge in [0.15, 0.2) is 11.5 Å². The van der Waals surface area contributed by atoms with E-state index >= 15 is 0 Å². The Morgan fingerprint density at radius 2 is 1.80 bits per heavy atom. The summed E-state index contributed by atoms with van der Waals surface area (Å²) < 4.78 is 13.1. The Morgan fingerprint density at radius 3 is 2.37 bits per heavy atom. The fourth-order valence-corrected chi connectivity index (χ4v) is 4.46. The molecule has 2 heterocycles. The molecule has 0 saturated carbocycles. The van der Waals surface area contributed by atoms with Gasteiger partial charge in [-0.25, -0.2) is 0 Å². The van der Waals surface area contributed by atoms with E-state index in [9.17, 15) is 15.4 Å². The number of non-ortho nitro benzene ring substituents is 1. The zero-order valence-electron chi connectivity index (χ0n) is 17.2. The molecule has 4 rings (SSSR count). The molecule has 0 amide bonds. The third-order valence-electron chi connectivity index (χ3n) is 5.75. The van der Waals surface area contributed by atoms with Gasteiger partial charge in [0, 0.05) is 35.0 Å². The second-order valence-electron chi connectivity index (χ2n) is 7.39. The van der Waals surface area contributed by atoms with E-state index in [1.54, 1.807) is 26.4 Å². The molecule has 0 fully saturated rings. The Hall–Kier alpha value is -3.79. The Balaban J connectivity index is 1.99.